The van der Waals surface area contributed by atoms with Gasteiger partial charge in [-0.3, -0.25) is 14.2 Å². The van der Waals surface area contributed by atoms with Crippen LogP contribution in [0.1, 0.15) is 28.3 Å². The van der Waals surface area contributed by atoms with E-state index in [4.69, 9.17) is 5.11 Å². The second-order valence-electron chi connectivity index (χ2n) is 4.85. The zero-order chi connectivity index (χ0) is 15.0. The summed E-state index contributed by atoms with van der Waals surface area (Å²) < 4.78 is 4.61. The van der Waals surface area contributed by atoms with Crippen LogP contribution in [0.4, 0.5) is 0 Å². The molecule has 0 amide bonds. The van der Waals surface area contributed by atoms with Crippen molar-refractivity contribution in [3.8, 4) is 0 Å². The van der Waals surface area contributed by atoms with Gasteiger partial charge in [0.15, 0.2) is 0 Å². The molecule has 2 heterocycles. The highest BCUT2D eigenvalue weighted by Gasteiger charge is 2.17. The summed E-state index contributed by atoms with van der Waals surface area (Å²) in [5.41, 5.74) is 4.37. The summed E-state index contributed by atoms with van der Waals surface area (Å²) in [7, 11) is 1.89. The number of nitrogens with zero attached hydrogens (tertiary/aromatic N) is 4. The molecule has 2 aromatic rings. The van der Waals surface area contributed by atoms with E-state index in [0.29, 0.717) is 6.54 Å². The Hall–Kier alpha value is -1.63. The minimum Gasteiger partial charge on any atom is -0.481 e. The molecule has 0 fully saturated rings. The van der Waals surface area contributed by atoms with E-state index in [9.17, 15) is 4.79 Å². The molecule has 7 heteroatoms. The average molecular weight is 341 g/mol. The summed E-state index contributed by atoms with van der Waals surface area (Å²) in [5.74, 6) is -0.840. The number of hydrogen-bond acceptors (Lipinski definition) is 3. The first kappa shape index (κ1) is 14.8. The molecular formula is C13H17BrN4O2. The van der Waals surface area contributed by atoms with Crippen LogP contribution in [-0.4, -0.2) is 30.6 Å². The Bertz CT molecular complexity index is 672. The van der Waals surface area contributed by atoms with Crippen LogP contribution in [0, 0.1) is 20.8 Å². The molecule has 0 aliphatic rings. The Morgan fingerprint density at radius 2 is 1.90 bits per heavy atom. The highest BCUT2D eigenvalue weighted by molar-refractivity contribution is 9.10. The summed E-state index contributed by atoms with van der Waals surface area (Å²) in [6.07, 6.45) is 0.00323. The van der Waals surface area contributed by atoms with Crippen LogP contribution in [0.2, 0.25) is 0 Å². The SMILES string of the molecule is Cc1nn(C)c(Cn2nc(C)c(CC(=O)O)c2C)c1Br. The lowest BCUT2D eigenvalue weighted by molar-refractivity contribution is -0.136. The molecule has 0 atom stereocenters. The largest absolute Gasteiger partial charge is 0.481 e. The minimum atomic E-state index is -0.840. The van der Waals surface area contributed by atoms with Crippen LogP contribution in [-0.2, 0) is 24.8 Å². The number of aliphatic carboxylic acids is 1. The van der Waals surface area contributed by atoms with Crippen LogP contribution >= 0.6 is 15.9 Å². The zero-order valence-corrected chi connectivity index (χ0v) is 13.5. The number of carboxylic acid groups (broad SMARTS) is 1. The Labute approximate surface area is 125 Å². The van der Waals surface area contributed by atoms with Gasteiger partial charge in [-0.2, -0.15) is 10.2 Å². The van der Waals surface area contributed by atoms with Gasteiger partial charge in [0.2, 0.25) is 0 Å². The number of carbonyl (C=O) groups is 1. The molecular weight excluding hydrogens is 324 g/mol. The van der Waals surface area contributed by atoms with Crippen LogP contribution in [0.3, 0.4) is 0 Å². The van der Waals surface area contributed by atoms with E-state index >= 15 is 0 Å². The fourth-order valence-electron chi connectivity index (χ4n) is 2.29. The van der Waals surface area contributed by atoms with Crippen molar-refractivity contribution in [2.24, 2.45) is 7.05 Å². The second kappa shape index (κ2) is 5.40. The van der Waals surface area contributed by atoms with Crippen molar-refractivity contribution in [3.05, 3.63) is 32.8 Å². The Morgan fingerprint density at radius 3 is 2.40 bits per heavy atom. The van der Waals surface area contributed by atoms with Crippen molar-refractivity contribution >= 4 is 21.9 Å². The van der Waals surface area contributed by atoms with E-state index in [1.165, 1.54) is 0 Å². The third kappa shape index (κ3) is 2.63. The topological polar surface area (TPSA) is 72.9 Å². The lowest BCUT2D eigenvalue weighted by Crippen LogP contribution is -2.09. The lowest BCUT2D eigenvalue weighted by Gasteiger charge is -2.06. The molecule has 2 aromatic heterocycles. The maximum atomic E-state index is 10.9. The number of rotatable bonds is 4. The molecule has 0 saturated carbocycles. The molecule has 20 heavy (non-hydrogen) atoms. The van der Waals surface area contributed by atoms with Crippen LogP contribution in [0.15, 0.2) is 4.47 Å². The van der Waals surface area contributed by atoms with Crippen LogP contribution in [0.25, 0.3) is 0 Å². The summed E-state index contributed by atoms with van der Waals surface area (Å²) >= 11 is 3.53. The lowest BCUT2D eigenvalue weighted by atomic mass is 10.1. The van der Waals surface area contributed by atoms with Gasteiger partial charge >= 0.3 is 5.97 Å². The van der Waals surface area contributed by atoms with Gasteiger partial charge < -0.3 is 5.11 Å². The van der Waals surface area contributed by atoms with E-state index in [0.717, 1.165) is 32.8 Å². The number of hydrogen-bond donors (Lipinski definition) is 1. The van der Waals surface area contributed by atoms with Gasteiger partial charge in [0, 0.05) is 18.3 Å². The van der Waals surface area contributed by atoms with Gasteiger partial charge in [0.25, 0.3) is 0 Å². The van der Waals surface area contributed by atoms with Gasteiger partial charge in [0.05, 0.1) is 34.5 Å². The van der Waals surface area contributed by atoms with Gasteiger partial charge in [-0.05, 0) is 36.7 Å². The summed E-state index contributed by atoms with van der Waals surface area (Å²) in [4.78, 5) is 10.9. The normalized spacial score (nSPS) is 11.1. The summed E-state index contributed by atoms with van der Waals surface area (Å²) in [6, 6.07) is 0. The van der Waals surface area contributed by atoms with Crippen molar-refractivity contribution in [2.75, 3.05) is 0 Å². The molecule has 0 bridgehead atoms. The average Bonchev–Trinajstić information content (AvgIpc) is 2.74. The molecule has 0 aliphatic carbocycles. The Balaban J connectivity index is 2.37. The summed E-state index contributed by atoms with van der Waals surface area (Å²) in [5, 5.41) is 17.7. The van der Waals surface area contributed by atoms with Crippen molar-refractivity contribution in [1.29, 1.82) is 0 Å². The van der Waals surface area contributed by atoms with Crippen molar-refractivity contribution in [2.45, 2.75) is 33.7 Å². The van der Waals surface area contributed by atoms with E-state index in [2.05, 4.69) is 26.1 Å². The third-order valence-corrected chi connectivity index (χ3v) is 4.45. The smallest absolute Gasteiger partial charge is 0.307 e. The molecule has 2 rings (SSSR count). The Morgan fingerprint density at radius 1 is 1.25 bits per heavy atom. The van der Waals surface area contributed by atoms with Crippen molar-refractivity contribution in [3.63, 3.8) is 0 Å². The van der Waals surface area contributed by atoms with E-state index in [-0.39, 0.29) is 6.42 Å². The first-order valence-electron chi connectivity index (χ1n) is 6.24. The predicted octanol–water partition coefficient (Wildman–Crippen LogP) is 1.98. The maximum absolute atomic E-state index is 10.9. The van der Waals surface area contributed by atoms with Crippen LogP contribution < -0.4 is 0 Å². The van der Waals surface area contributed by atoms with Crippen LogP contribution in [0.5, 0.6) is 0 Å². The molecule has 6 nitrogen and oxygen atoms in total. The predicted molar refractivity (Wildman–Crippen MR) is 77.8 cm³/mol. The monoisotopic (exact) mass is 340 g/mol. The highest BCUT2D eigenvalue weighted by atomic mass is 79.9. The number of aromatic nitrogens is 4. The second-order valence-corrected chi connectivity index (χ2v) is 5.64. The standard InChI is InChI=1S/C13H17BrN4O2/c1-7-10(5-12(19)20)9(3)18(16-7)6-11-13(14)8(2)15-17(11)4/h5-6H2,1-4H3,(H,19,20). The molecule has 0 unspecified atom stereocenters. The number of halogens is 1. The molecule has 0 saturated heterocycles. The van der Waals surface area contributed by atoms with Gasteiger partial charge in [-0.15, -0.1) is 0 Å². The number of carboxylic acids is 1. The van der Waals surface area contributed by atoms with Crippen molar-refractivity contribution < 1.29 is 9.90 Å². The highest BCUT2D eigenvalue weighted by Crippen LogP contribution is 2.22. The van der Waals surface area contributed by atoms with E-state index in [1.807, 2.05) is 37.2 Å². The van der Waals surface area contributed by atoms with E-state index < -0.39 is 5.97 Å². The zero-order valence-electron chi connectivity index (χ0n) is 11.9. The molecule has 0 aliphatic heterocycles. The molecule has 0 radical (unpaired) electrons. The first-order valence-corrected chi connectivity index (χ1v) is 7.03. The molecule has 1 N–H and O–H groups in total. The fourth-order valence-corrected chi connectivity index (χ4v) is 2.75. The van der Waals surface area contributed by atoms with Gasteiger partial charge in [0.1, 0.15) is 0 Å². The fraction of sp³-hybridized carbons (Fsp3) is 0.462. The van der Waals surface area contributed by atoms with Gasteiger partial charge in [-0.1, -0.05) is 0 Å². The van der Waals surface area contributed by atoms with Crippen molar-refractivity contribution in [1.82, 2.24) is 19.6 Å². The Kier molecular flexibility index (Phi) is 3.99. The third-order valence-electron chi connectivity index (χ3n) is 3.42. The van der Waals surface area contributed by atoms with E-state index in [1.54, 1.807) is 0 Å². The first-order chi connectivity index (χ1) is 9.31. The molecule has 0 spiro atoms. The molecule has 0 aromatic carbocycles. The van der Waals surface area contributed by atoms with Gasteiger partial charge in [-0.25, -0.2) is 0 Å². The summed E-state index contributed by atoms with van der Waals surface area (Å²) in [6.45, 7) is 6.23. The minimum absolute atomic E-state index is 0.00323. The molecule has 108 valence electrons. The quantitative estimate of drug-likeness (QED) is 0.923. The number of aryl methyl sites for hydroxylation is 3. The maximum Gasteiger partial charge on any atom is 0.307 e.